The highest BCUT2D eigenvalue weighted by Gasteiger charge is 2.10. The highest BCUT2D eigenvalue weighted by Crippen LogP contribution is 2.20. The maximum absolute atomic E-state index is 9.13. The number of hydrogen-bond acceptors (Lipinski definition) is 2. The smallest absolute Gasteiger partial charge is 0.115 e. The molecule has 0 heterocycles. The molecule has 0 saturated heterocycles. The van der Waals surface area contributed by atoms with E-state index in [0.29, 0.717) is 11.8 Å². The Balaban J connectivity index is 1.95. The summed E-state index contributed by atoms with van der Waals surface area (Å²) in [5.41, 5.74) is 1.07. The number of aliphatic imine (C=N–C) groups is 1. The summed E-state index contributed by atoms with van der Waals surface area (Å²) in [5, 5.41) is 9.13. The van der Waals surface area contributed by atoms with Gasteiger partial charge in [0.25, 0.3) is 0 Å². The van der Waals surface area contributed by atoms with Gasteiger partial charge in [0.15, 0.2) is 0 Å². The summed E-state index contributed by atoms with van der Waals surface area (Å²) in [6.07, 6.45) is 8.39. The summed E-state index contributed by atoms with van der Waals surface area (Å²) >= 11 is 0. The van der Waals surface area contributed by atoms with Crippen LogP contribution in [0.2, 0.25) is 0 Å². The van der Waals surface area contributed by atoms with Crippen molar-refractivity contribution in [1.29, 1.82) is 0 Å². The fourth-order valence-electron chi connectivity index (χ4n) is 1.98. The first kappa shape index (κ1) is 10.2. The zero-order valence-electron chi connectivity index (χ0n) is 8.89. The zero-order chi connectivity index (χ0) is 10.5. The first-order chi connectivity index (χ1) is 7.34. The van der Waals surface area contributed by atoms with Gasteiger partial charge in [-0.3, -0.25) is 4.99 Å². The molecule has 1 saturated carbocycles. The molecule has 0 aromatic heterocycles. The van der Waals surface area contributed by atoms with Crippen LogP contribution in [0.4, 0.5) is 0 Å². The van der Waals surface area contributed by atoms with Gasteiger partial charge in [0.1, 0.15) is 5.75 Å². The molecule has 0 spiro atoms. The third-order valence-electron chi connectivity index (χ3n) is 2.90. The van der Waals surface area contributed by atoms with Crippen LogP contribution in [0.25, 0.3) is 0 Å². The van der Waals surface area contributed by atoms with Gasteiger partial charge in [0.05, 0.1) is 0 Å². The molecule has 1 aromatic rings. The van der Waals surface area contributed by atoms with E-state index in [0.717, 1.165) is 5.56 Å². The third-order valence-corrected chi connectivity index (χ3v) is 2.90. The van der Waals surface area contributed by atoms with Crippen LogP contribution in [0.1, 0.15) is 37.7 Å². The number of nitrogens with zero attached hydrogens (tertiary/aromatic N) is 1. The summed E-state index contributed by atoms with van der Waals surface area (Å²) in [7, 11) is 0. The molecule has 1 fully saturated rings. The Hall–Kier alpha value is -1.31. The van der Waals surface area contributed by atoms with Crippen LogP contribution in [0, 0.1) is 0 Å². The van der Waals surface area contributed by atoms with E-state index in [2.05, 4.69) is 4.99 Å². The molecule has 2 heteroatoms. The van der Waals surface area contributed by atoms with Crippen LogP contribution in [-0.4, -0.2) is 17.4 Å². The second-order valence-corrected chi connectivity index (χ2v) is 4.16. The van der Waals surface area contributed by atoms with Crippen molar-refractivity contribution in [2.75, 3.05) is 0 Å². The first-order valence-corrected chi connectivity index (χ1v) is 5.67. The molecule has 1 aliphatic rings. The molecule has 2 rings (SSSR count). The topological polar surface area (TPSA) is 32.6 Å². The molecule has 2 nitrogen and oxygen atoms in total. The van der Waals surface area contributed by atoms with E-state index in [1.807, 2.05) is 18.3 Å². The molecular weight excluding hydrogens is 186 g/mol. The number of benzene rings is 1. The molecule has 0 radical (unpaired) electrons. The van der Waals surface area contributed by atoms with E-state index in [9.17, 15) is 0 Å². The van der Waals surface area contributed by atoms with Gasteiger partial charge in [-0.15, -0.1) is 0 Å². The van der Waals surface area contributed by atoms with Crippen LogP contribution in [0.5, 0.6) is 5.75 Å². The van der Waals surface area contributed by atoms with E-state index >= 15 is 0 Å². The molecule has 0 aliphatic heterocycles. The average molecular weight is 203 g/mol. The Morgan fingerprint density at radius 1 is 1.07 bits per heavy atom. The van der Waals surface area contributed by atoms with Crippen LogP contribution < -0.4 is 0 Å². The summed E-state index contributed by atoms with van der Waals surface area (Å²) in [5.74, 6) is 0.310. The monoisotopic (exact) mass is 203 g/mol. The third kappa shape index (κ3) is 3.08. The molecular formula is C13H17NO. The molecule has 80 valence electrons. The fraction of sp³-hybridized carbons (Fsp3) is 0.462. The molecule has 0 unspecified atom stereocenters. The highest BCUT2D eigenvalue weighted by atomic mass is 16.3. The molecule has 1 aromatic carbocycles. The Morgan fingerprint density at radius 2 is 1.73 bits per heavy atom. The number of rotatable bonds is 2. The zero-order valence-corrected chi connectivity index (χ0v) is 8.89. The lowest BCUT2D eigenvalue weighted by atomic mass is 9.96. The second kappa shape index (κ2) is 4.96. The minimum Gasteiger partial charge on any atom is -0.508 e. The lowest BCUT2D eigenvalue weighted by Crippen LogP contribution is -2.09. The van der Waals surface area contributed by atoms with Crippen molar-refractivity contribution >= 4 is 6.21 Å². The van der Waals surface area contributed by atoms with Crippen molar-refractivity contribution in [2.24, 2.45) is 4.99 Å². The van der Waals surface area contributed by atoms with Gasteiger partial charge in [-0.2, -0.15) is 0 Å². The molecule has 1 N–H and O–H groups in total. The van der Waals surface area contributed by atoms with Gasteiger partial charge >= 0.3 is 0 Å². The average Bonchev–Trinajstić information content (AvgIpc) is 2.30. The molecule has 1 aliphatic carbocycles. The van der Waals surface area contributed by atoms with Crippen LogP contribution in [0.15, 0.2) is 29.3 Å². The Kier molecular flexibility index (Phi) is 3.38. The largest absolute Gasteiger partial charge is 0.508 e. The summed E-state index contributed by atoms with van der Waals surface area (Å²) in [6, 6.07) is 7.70. The highest BCUT2D eigenvalue weighted by molar-refractivity contribution is 5.79. The molecule has 15 heavy (non-hydrogen) atoms. The van der Waals surface area contributed by atoms with E-state index in [1.165, 1.54) is 32.1 Å². The van der Waals surface area contributed by atoms with E-state index in [-0.39, 0.29) is 0 Å². The normalized spacial score (nSPS) is 18.4. The van der Waals surface area contributed by atoms with Crippen molar-refractivity contribution in [2.45, 2.75) is 38.1 Å². The lowest BCUT2D eigenvalue weighted by Gasteiger charge is -2.16. The summed E-state index contributed by atoms with van der Waals surface area (Å²) in [6.45, 7) is 0. The van der Waals surface area contributed by atoms with Crippen LogP contribution in [0.3, 0.4) is 0 Å². The van der Waals surface area contributed by atoms with Crippen molar-refractivity contribution in [1.82, 2.24) is 0 Å². The molecule has 0 bridgehead atoms. The standard InChI is InChI=1S/C13H17NO/c15-13-8-6-11(7-9-13)10-14-12-4-2-1-3-5-12/h6-10,12,15H,1-5H2. The molecule has 0 atom stereocenters. The predicted molar refractivity (Wildman–Crippen MR) is 62.6 cm³/mol. The van der Waals surface area contributed by atoms with Gasteiger partial charge in [-0.05, 0) is 42.7 Å². The predicted octanol–water partition coefficient (Wildman–Crippen LogP) is 3.14. The van der Waals surface area contributed by atoms with E-state index < -0.39 is 0 Å². The Morgan fingerprint density at radius 3 is 2.40 bits per heavy atom. The minimum atomic E-state index is 0.310. The SMILES string of the molecule is Oc1ccc(C=NC2CCCCC2)cc1. The van der Waals surface area contributed by atoms with Gasteiger partial charge in [-0.25, -0.2) is 0 Å². The first-order valence-electron chi connectivity index (χ1n) is 5.67. The van der Waals surface area contributed by atoms with Crippen LogP contribution >= 0.6 is 0 Å². The maximum atomic E-state index is 9.13. The second-order valence-electron chi connectivity index (χ2n) is 4.16. The minimum absolute atomic E-state index is 0.310. The van der Waals surface area contributed by atoms with Crippen molar-refractivity contribution < 1.29 is 5.11 Å². The number of phenolic OH excluding ortho intramolecular Hbond substituents is 1. The maximum Gasteiger partial charge on any atom is 0.115 e. The number of phenols is 1. The summed E-state index contributed by atoms with van der Waals surface area (Å²) < 4.78 is 0. The van der Waals surface area contributed by atoms with E-state index in [4.69, 9.17) is 5.11 Å². The van der Waals surface area contributed by atoms with Crippen molar-refractivity contribution in [3.05, 3.63) is 29.8 Å². The van der Waals surface area contributed by atoms with Crippen LogP contribution in [-0.2, 0) is 0 Å². The number of hydrogen-bond donors (Lipinski definition) is 1. The van der Waals surface area contributed by atoms with E-state index in [1.54, 1.807) is 12.1 Å². The number of aromatic hydroxyl groups is 1. The summed E-state index contributed by atoms with van der Waals surface area (Å²) in [4.78, 5) is 4.58. The van der Waals surface area contributed by atoms with Crippen molar-refractivity contribution in [3.8, 4) is 5.75 Å². The van der Waals surface area contributed by atoms with Gasteiger partial charge < -0.3 is 5.11 Å². The van der Waals surface area contributed by atoms with Crippen molar-refractivity contribution in [3.63, 3.8) is 0 Å². The van der Waals surface area contributed by atoms with Gasteiger partial charge in [0, 0.05) is 12.3 Å². The lowest BCUT2D eigenvalue weighted by molar-refractivity contribution is 0.444. The van der Waals surface area contributed by atoms with Gasteiger partial charge in [-0.1, -0.05) is 19.3 Å². The molecule has 0 amide bonds. The fourth-order valence-corrected chi connectivity index (χ4v) is 1.98. The van der Waals surface area contributed by atoms with Gasteiger partial charge in [0.2, 0.25) is 0 Å². The Bertz CT molecular complexity index is 323. The Labute approximate surface area is 90.7 Å². The quantitative estimate of drug-likeness (QED) is 0.736.